The van der Waals surface area contributed by atoms with Crippen LogP contribution in [-0.4, -0.2) is 41.1 Å². The van der Waals surface area contributed by atoms with Crippen LogP contribution in [0.15, 0.2) is 68.6 Å². The predicted molar refractivity (Wildman–Crippen MR) is 126 cm³/mol. The Morgan fingerprint density at radius 3 is 2.00 bits per heavy atom. The van der Waals surface area contributed by atoms with Gasteiger partial charge in [0.2, 0.25) is 0 Å². The minimum Gasteiger partial charge on any atom is -0.506 e. The van der Waals surface area contributed by atoms with E-state index < -0.39 is 68.9 Å². The summed E-state index contributed by atoms with van der Waals surface area (Å²) in [6.45, 7) is 0. The second-order valence-corrected chi connectivity index (χ2v) is 10.2. The summed E-state index contributed by atoms with van der Waals surface area (Å²) in [5, 5.41) is 39.3. The highest BCUT2D eigenvalue weighted by Gasteiger charge is 2.24. The molecule has 0 aliphatic rings. The van der Waals surface area contributed by atoms with Gasteiger partial charge in [0.05, 0.1) is 4.92 Å². The first kappa shape index (κ1) is 24.7. The number of nitro benzene ring substituents is 1. The Balaban J connectivity index is 2.03. The minimum absolute atomic E-state index is 0.0944. The molecule has 36 heavy (non-hydrogen) atoms. The molecule has 4 aromatic carbocycles. The van der Waals surface area contributed by atoms with Crippen LogP contribution in [-0.2, 0) is 20.2 Å². The summed E-state index contributed by atoms with van der Waals surface area (Å²) in [4.78, 5) is 8.62. The van der Waals surface area contributed by atoms with E-state index in [1.807, 2.05) is 0 Å². The van der Waals surface area contributed by atoms with Crippen LogP contribution in [0.5, 0.6) is 11.5 Å². The molecule has 14 nitrogen and oxygen atoms in total. The van der Waals surface area contributed by atoms with E-state index in [0.29, 0.717) is 6.07 Å². The Morgan fingerprint density at radius 2 is 1.39 bits per heavy atom. The minimum atomic E-state index is -4.96. The topological polar surface area (TPSA) is 243 Å². The largest absolute Gasteiger partial charge is 0.506 e. The van der Waals surface area contributed by atoms with Gasteiger partial charge in [-0.05, 0) is 35.7 Å². The zero-order chi connectivity index (χ0) is 26.6. The first-order valence-corrected chi connectivity index (χ1v) is 12.4. The van der Waals surface area contributed by atoms with Gasteiger partial charge < -0.3 is 15.9 Å². The molecule has 16 heteroatoms. The molecular formula is C20H14N4O10S2. The lowest BCUT2D eigenvalue weighted by Crippen LogP contribution is -2.00. The lowest BCUT2D eigenvalue weighted by Gasteiger charge is -2.11. The second kappa shape index (κ2) is 8.38. The number of aromatic hydroxyl groups is 2. The lowest BCUT2D eigenvalue weighted by molar-refractivity contribution is -0.384. The molecule has 6 N–H and O–H groups in total. The molecule has 4 aromatic rings. The maximum Gasteiger partial charge on any atom is 0.296 e. The molecule has 0 aromatic heterocycles. The SMILES string of the molecule is Nc1ccc2c(O)c(N=Nc3c(O)cc(S(=O)(=O)O)c4cc([N+](=O)[O-])ccc34)c(S(=O)(=O)O)cc2c1. The van der Waals surface area contributed by atoms with Crippen molar-refractivity contribution in [3.63, 3.8) is 0 Å². The number of non-ortho nitro benzene ring substituents is 1. The number of phenols is 2. The zero-order valence-electron chi connectivity index (χ0n) is 17.6. The van der Waals surface area contributed by atoms with Crippen molar-refractivity contribution in [1.82, 2.24) is 0 Å². The molecule has 0 unspecified atom stereocenters. The molecule has 0 spiro atoms. The van der Waals surface area contributed by atoms with Crippen LogP contribution in [0, 0.1) is 10.1 Å². The van der Waals surface area contributed by atoms with E-state index in [9.17, 15) is 46.3 Å². The van der Waals surface area contributed by atoms with Crippen molar-refractivity contribution in [2.45, 2.75) is 9.79 Å². The molecule has 0 saturated heterocycles. The van der Waals surface area contributed by atoms with Gasteiger partial charge in [-0.3, -0.25) is 19.2 Å². The smallest absolute Gasteiger partial charge is 0.296 e. The van der Waals surface area contributed by atoms with Crippen molar-refractivity contribution in [2.24, 2.45) is 10.2 Å². The van der Waals surface area contributed by atoms with Gasteiger partial charge in [0.25, 0.3) is 25.9 Å². The molecule has 4 rings (SSSR count). The third-order valence-electron chi connectivity index (χ3n) is 5.13. The van der Waals surface area contributed by atoms with Crippen LogP contribution in [0.1, 0.15) is 0 Å². The van der Waals surface area contributed by atoms with Crippen LogP contribution in [0.2, 0.25) is 0 Å². The van der Waals surface area contributed by atoms with Gasteiger partial charge in [0, 0.05) is 40.0 Å². The van der Waals surface area contributed by atoms with Gasteiger partial charge in [-0.15, -0.1) is 10.2 Å². The van der Waals surface area contributed by atoms with Crippen molar-refractivity contribution >= 4 is 64.5 Å². The van der Waals surface area contributed by atoms with Crippen molar-refractivity contribution < 1.29 is 41.1 Å². The highest BCUT2D eigenvalue weighted by Crippen LogP contribution is 2.45. The maximum atomic E-state index is 12.0. The lowest BCUT2D eigenvalue weighted by atomic mass is 10.1. The average Bonchev–Trinajstić information content (AvgIpc) is 2.77. The van der Waals surface area contributed by atoms with Crippen LogP contribution < -0.4 is 5.73 Å². The number of nitrogens with two attached hydrogens (primary N) is 1. The fraction of sp³-hybridized carbons (Fsp3) is 0. The average molecular weight is 534 g/mol. The first-order valence-electron chi connectivity index (χ1n) is 9.54. The van der Waals surface area contributed by atoms with Gasteiger partial charge in [0.15, 0.2) is 5.75 Å². The van der Waals surface area contributed by atoms with Crippen LogP contribution in [0.3, 0.4) is 0 Å². The summed E-state index contributed by atoms with van der Waals surface area (Å²) in [5.41, 5.74) is 4.18. The summed E-state index contributed by atoms with van der Waals surface area (Å²) < 4.78 is 66.8. The Kier molecular flexibility index (Phi) is 5.76. The number of hydrogen-bond donors (Lipinski definition) is 5. The van der Waals surface area contributed by atoms with Gasteiger partial charge in [-0.25, -0.2) is 0 Å². The van der Waals surface area contributed by atoms with E-state index in [0.717, 1.165) is 24.3 Å². The van der Waals surface area contributed by atoms with Crippen molar-refractivity contribution in [3.05, 3.63) is 58.6 Å². The molecule has 0 radical (unpaired) electrons. The number of azo groups is 1. The van der Waals surface area contributed by atoms with E-state index in [4.69, 9.17) is 5.73 Å². The van der Waals surface area contributed by atoms with Crippen molar-refractivity contribution in [3.8, 4) is 11.5 Å². The number of benzene rings is 4. The van der Waals surface area contributed by atoms with Gasteiger partial charge in [0.1, 0.15) is 26.9 Å². The second-order valence-electron chi connectivity index (χ2n) is 7.43. The van der Waals surface area contributed by atoms with Crippen LogP contribution in [0.25, 0.3) is 21.5 Å². The quantitative estimate of drug-likeness (QED) is 0.0810. The molecule has 0 heterocycles. The standard InChI is InChI=1S/C20H14N4O10S2/c21-10-1-3-12-9(5-10)6-17(36(32,33)34)19(20(12)26)23-22-18-13-4-2-11(24(27)28)7-14(13)16(8-15(18)25)35(29,30)31/h1-8,25-26H,21H2,(H,29,30,31)(H,32,33,34). The number of phenolic OH excluding ortho intramolecular Hbond substituents is 2. The third-order valence-corrected chi connectivity index (χ3v) is 6.89. The molecular weight excluding hydrogens is 520 g/mol. The van der Waals surface area contributed by atoms with E-state index >= 15 is 0 Å². The van der Waals surface area contributed by atoms with Gasteiger partial charge in [-0.2, -0.15) is 16.8 Å². The highest BCUT2D eigenvalue weighted by atomic mass is 32.2. The maximum absolute atomic E-state index is 12.0. The number of nitrogens with zero attached hydrogens (tertiary/aromatic N) is 3. The fourth-order valence-electron chi connectivity index (χ4n) is 3.55. The number of nitrogen functional groups attached to an aromatic ring is 1. The number of rotatable bonds is 5. The van der Waals surface area contributed by atoms with E-state index in [1.165, 1.54) is 18.2 Å². The van der Waals surface area contributed by atoms with Crippen LogP contribution >= 0.6 is 0 Å². The summed E-state index contributed by atoms with van der Waals surface area (Å²) in [5.74, 6) is -1.56. The van der Waals surface area contributed by atoms with E-state index in [-0.39, 0.29) is 21.8 Å². The fourth-order valence-corrected chi connectivity index (χ4v) is 4.91. The molecule has 0 amide bonds. The van der Waals surface area contributed by atoms with Crippen LogP contribution in [0.4, 0.5) is 22.7 Å². The Bertz CT molecular complexity index is 1850. The molecule has 0 fully saturated rings. The Morgan fingerprint density at radius 1 is 0.778 bits per heavy atom. The zero-order valence-corrected chi connectivity index (χ0v) is 19.2. The Hall–Kier alpha value is -4.38. The predicted octanol–water partition coefficient (Wildman–Crippen LogP) is 3.80. The monoisotopic (exact) mass is 534 g/mol. The van der Waals surface area contributed by atoms with E-state index in [1.54, 1.807) is 0 Å². The number of fused-ring (bicyclic) bond motifs is 2. The highest BCUT2D eigenvalue weighted by molar-refractivity contribution is 7.86. The molecule has 0 atom stereocenters. The molecule has 186 valence electrons. The van der Waals surface area contributed by atoms with E-state index in [2.05, 4.69) is 10.2 Å². The molecule has 0 aliphatic carbocycles. The third kappa shape index (κ3) is 4.36. The summed E-state index contributed by atoms with van der Waals surface area (Å²) in [7, 11) is -9.92. The summed E-state index contributed by atoms with van der Waals surface area (Å²) in [6.07, 6.45) is 0. The number of anilines is 1. The normalized spacial score (nSPS) is 12.5. The molecule has 0 saturated carbocycles. The van der Waals surface area contributed by atoms with Crippen molar-refractivity contribution in [2.75, 3.05) is 5.73 Å². The van der Waals surface area contributed by atoms with Gasteiger partial charge in [-0.1, -0.05) is 0 Å². The Labute approximate surface area is 201 Å². The summed E-state index contributed by atoms with van der Waals surface area (Å²) in [6, 6.07) is 8.48. The van der Waals surface area contributed by atoms with Crippen molar-refractivity contribution in [1.29, 1.82) is 0 Å². The van der Waals surface area contributed by atoms with Gasteiger partial charge >= 0.3 is 0 Å². The molecule has 0 aliphatic heterocycles. The molecule has 0 bridgehead atoms. The number of hydrogen-bond acceptors (Lipinski definition) is 11. The number of nitro groups is 1. The first-order chi connectivity index (χ1) is 16.7. The summed E-state index contributed by atoms with van der Waals surface area (Å²) >= 11 is 0.